The maximum atomic E-state index is 12.8. The Bertz CT molecular complexity index is 870. The monoisotopic (exact) mass is 404 g/mol. The molecule has 3 rings (SSSR count). The molecule has 0 saturated heterocycles. The zero-order valence-electron chi connectivity index (χ0n) is 15.3. The van der Waals surface area contributed by atoms with E-state index >= 15 is 0 Å². The van der Waals surface area contributed by atoms with Crippen LogP contribution in [-0.4, -0.2) is 22.2 Å². The number of fused-ring (bicyclic) bond motifs is 2. The van der Waals surface area contributed by atoms with Gasteiger partial charge in [0.15, 0.2) is 0 Å². The summed E-state index contributed by atoms with van der Waals surface area (Å²) in [6.45, 7) is 7.15. The molecular formula is C18H23F3O3SSi. The molecule has 144 valence electrons. The average molecular weight is 405 g/mol. The van der Waals surface area contributed by atoms with E-state index in [0.29, 0.717) is 0 Å². The minimum atomic E-state index is -5.61. The normalized spacial score (nSPS) is 20.3. The van der Waals surface area contributed by atoms with E-state index in [0.717, 1.165) is 36.0 Å². The van der Waals surface area contributed by atoms with Gasteiger partial charge in [-0.05, 0) is 66.1 Å². The molecule has 0 heterocycles. The molecule has 26 heavy (non-hydrogen) atoms. The van der Waals surface area contributed by atoms with E-state index in [1.807, 2.05) is 19.9 Å². The van der Waals surface area contributed by atoms with Crippen molar-refractivity contribution in [2.45, 2.75) is 57.3 Å². The van der Waals surface area contributed by atoms with E-state index in [1.165, 1.54) is 24.2 Å². The van der Waals surface area contributed by atoms with Gasteiger partial charge in [0.1, 0.15) is 0 Å². The molecule has 0 N–H and O–H groups in total. The Morgan fingerprint density at radius 1 is 1.15 bits per heavy atom. The average Bonchev–Trinajstić information content (AvgIpc) is 3.05. The molecular weight excluding hydrogens is 381 g/mol. The third kappa shape index (κ3) is 3.27. The Morgan fingerprint density at radius 2 is 1.73 bits per heavy atom. The molecule has 0 bridgehead atoms. The lowest BCUT2D eigenvalue weighted by Gasteiger charge is -2.29. The second-order valence-corrected chi connectivity index (χ2v) is 13.8. The van der Waals surface area contributed by atoms with E-state index in [9.17, 15) is 21.6 Å². The van der Waals surface area contributed by atoms with Crippen LogP contribution in [0.15, 0.2) is 18.2 Å². The molecule has 1 aromatic carbocycles. The minimum absolute atomic E-state index is 0.197. The van der Waals surface area contributed by atoms with Gasteiger partial charge in [-0.3, -0.25) is 0 Å². The molecule has 0 amide bonds. The van der Waals surface area contributed by atoms with Gasteiger partial charge in [-0.1, -0.05) is 32.1 Å². The van der Waals surface area contributed by atoms with Crippen molar-refractivity contribution in [3.05, 3.63) is 40.5 Å². The Morgan fingerprint density at radius 3 is 2.27 bits per heavy atom. The summed E-state index contributed by atoms with van der Waals surface area (Å²) >= 11 is 0. The predicted octanol–water partition coefficient (Wildman–Crippen LogP) is 4.92. The molecule has 1 unspecified atom stereocenters. The van der Waals surface area contributed by atoms with Crippen molar-refractivity contribution in [1.29, 1.82) is 0 Å². The number of benzene rings is 1. The topological polar surface area (TPSA) is 43.4 Å². The van der Waals surface area contributed by atoms with Crippen LogP contribution in [0.3, 0.4) is 0 Å². The first-order valence-electron chi connectivity index (χ1n) is 8.73. The first kappa shape index (κ1) is 19.6. The molecule has 0 aliphatic heterocycles. The number of hydrogen-bond donors (Lipinski definition) is 0. The lowest BCUT2D eigenvalue weighted by atomic mass is 9.94. The fourth-order valence-electron chi connectivity index (χ4n) is 3.97. The van der Waals surface area contributed by atoms with Gasteiger partial charge >= 0.3 is 15.6 Å². The summed E-state index contributed by atoms with van der Waals surface area (Å²) in [6, 6.07) is 4.21. The van der Waals surface area contributed by atoms with Crippen LogP contribution >= 0.6 is 0 Å². The summed E-state index contributed by atoms with van der Waals surface area (Å²) in [5, 5.41) is 0. The molecule has 1 aromatic rings. The molecule has 0 saturated carbocycles. The summed E-state index contributed by atoms with van der Waals surface area (Å²) in [4.78, 5) is 0. The number of allylic oxidation sites excluding steroid dienone is 2. The van der Waals surface area contributed by atoms with E-state index in [2.05, 4.69) is 12.1 Å². The largest absolute Gasteiger partial charge is 0.522 e. The van der Waals surface area contributed by atoms with E-state index in [4.69, 9.17) is 3.87 Å². The van der Waals surface area contributed by atoms with Crippen molar-refractivity contribution >= 4 is 24.0 Å². The highest BCUT2D eigenvalue weighted by molar-refractivity contribution is 7.88. The Kier molecular flexibility index (Phi) is 4.69. The molecule has 0 fully saturated rings. The van der Waals surface area contributed by atoms with Gasteiger partial charge < -0.3 is 3.87 Å². The van der Waals surface area contributed by atoms with Gasteiger partial charge in [-0.15, -0.1) is 0 Å². The summed E-state index contributed by atoms with van der Waals surface area (Å²) in [5.41, 5.74) is -0.287. The fourth-order valence-corrected chi connectivity index (χ4v) is 8.59. The van der Waals surface area contributed by atoms with Crippen molar-refractivity contribution in [3.63, 3.8) is 0 Å². The standard InChI is InChI=1S/C18H23F3O3SSi/c1-11(2)14-10-17(26(3,4)24-25(22,23)18(19,20)21)16-9-13-7-5-6-12(13)8-15(14)16/h8-11,17H,5-7H2,1-4H3. The van der Waals surface area contributed by atoms with E-state index < -0.39 is 29.5 Å². The van der Waals surface area contributed by atoms with E-state index in [-0.39, 0.29) is 5.92 Å². The van der Waals surface area contributed by atoms with Crippen molar-refractivity contribution in [2.75, 3.05) is 0 Å². The first-order chi connectivity index (χ1) is 11.8. The molecule has 2 aliphatic carbocycles. The van der Waals surface area contributed by atoms with Gasteiger partial charge in [0, 0.05) is 5.54 Å². The first-order valence-corrected chi connectivity index (χ1v) is 13.1. The zero-order valence-corrected chi connectivity index (χ0v) is 17.1. The number of halogens is 3. The maximum Gasteiger partial charge on any atom is 0.522 e. The fraction of sp³-hybridized carbons (Fsp3) is 0.556. The highest BCUT2D eigenvalue weighted by atomic mass is 32.2. The summed E-state index contributed by atoms with van der Waals surface area (Å²) in [5.74, 6) is 0.197. The van der Waals surface area contributed by atoms with Crippen LogP contribution in [0.25, 0.3) is 5.57 Å². The molecule has 0 aromatic heterocycles. The van der Waals surface area contributed by atoms with Gasteiger partial charge in [0.05, 0.1) is 0 Å². The number of alkyl halides is 3. The summed E-state index contributed by atoms with van der Waals surface area (Å²) in [7, 11) is -8.88. The van der Waals surface area contributed by atoms with Gasteiger partial charge in [0.25, 0.3) is 0 Å². The number of aryl methyl sites for hydroxylation is 2. The van der Waals surface area contributed by atoms with Crippen LogP contribution in [-0.2, 0) is 26.8 Å². The molecule has 2 aliphatic rings. The smallest absolute Gasteiger partial charge is 0.307 e. The van der Waals surface area contributed by atoms with Crippen molar-refractivity contribution in [2.24, 2.45) is 5.92 Å². The van der Waals surface area contributed by atoms with Crippen molar-refractivity contribution in [3.8, 4) is 0 Å². The van der Waals surface area contributed by atoms with Crippen LogP contribution in [0, 0.1) is 5.92 Å². The third-order valence-corrected chi connectivity index (χ3v) is 10.4. The second-order valence-electron chi connectivity index (χ2n) is 7.90. The highest BCUT2D eigenvalue weighted by Gasteiger charge is 2.53. The molecule has 8 heteroatoms. The van der Waals surface area contributed by atoms with Crippen molar-refractivity contribution < 1.29 is 25.5 Å². The number of rotatable bonds is 4. The van der Waals surface area contributed by atoms with E-state index in [1.54, 1.807) is 0 Å². The third-order valence-electron chi connectivity index (χ3n) is 5.24. The Hall–Kier alpha value is -1.12. The molecule has 0 radical (unpaired) electrons. The Balaban J connectivity index is 2.06. The van der Waals surface area contributed by atoms with Crippen LogP contribution in [0.1, 0.15) is 48.1 Å². The molecule has 3 nitrogen and oxygen atoms in total. The lowest BCUT2D eigenvalue weighted by Crippen LogP contribution is -2.43. The highest BCUT2D eigenvalue weighted by Crippen LogP contribution is 2.47. The van der Waals surface area contributed by atoms with Gasteiger partial charge in [0.2, 0.25) is 8.32 Å². The number of hydrogen-bond acceptors (Lipinski definition) is 3. The van der Waals surface area contributed by atoms with Crippen LogP contribution in [0.2, 0.25) is 13.1 Å². The SMILES string of the molecule is CC(C)C1=CC([Si](C)(C)OS(=O)(=O)C(F)(F)F)c2cc3c(cc21)CCC3. The maximum absolute atomic E-state index is 12.8. The lowest BCUT2D eigenvalue weighted by molar-refractivity contribution is -0.0504. The molecule has 1 atom stereocenters. The van der Waals surface area contributed by atoms with Gasteiger partial charge in [-0.2, -0.15) is 21.6 Å². The zero-order chi connectivity index (χ0) is 19.5. The van der Waals surface area contributed by atoms with Crippen LogP contribution in [0.4, 0.5) is 13.2 Å². The van der Waals surface area contributed by atoms with Gasteiger partial charge in [-0.25, -0.2) is 0 Å². The second kappa shape index (κ2) is 6.20. The molecule has 0 spiro atoms. The van der Waals surface area contributed by atoms with Crippen molar-refractivity contribution in [1.82, 2.24) is 0 Å². The van der Waals surface area contributed by atoms with Crippen LogP contribution < -0.4 is 0 Å². The summed E-state index contributed by atoms with van der Waals surface area (Å²) < 4.78 is 66.5. The summed E-state index contributed by atoms with van der Waals surface area (Å²) in [6.07, 6.45) is 4.97. The minimum Gasteiger partial charge on any atom is -0.307 e. The van der Waals surface area contributed by atoms with Crippen LogP contribution in [0.5, 0.6) is 0 Å². The quantitative estimate of drug-likeness (QED) is 0.528. The predicted molar refractivity (Wildman–Crippen MR) is 97.6 cm³/mol. The Labute approximate surface area is 153 Å².